The highest BCUT2D eigenvalue weighted by Gasteiger charge is 2.19. The first kappa shape index (κ1) is 23.4. The molecule has 0 N–H and O–H groups in total. The van der Waals surface area contributed by atoms with E-state index in [1.54, 1.807) is 0 Å². The summed E-state index contributed by atoms with van der Waals surface area (Å²) in [6.07, 6.45) is 21.2. The van der Waals surface area contributed by atoms with Crippen LogP contribution in [0.1, 0.15) is 102 Å². The molecule has 0 nitrogen and oxygen atoms in total. The number of unbranched alkanes of at least 4 members (excludes halogenated alkanes) is 5. The molecule has 0 heterocycles. The molecule has 0 aromatic heterocycles. The van der Waals surface area contributed by atoms with Gasteiger partial charge in [-0.1, -0.05) is 94.6 Å². The fraction of sp³-hybridized carbons (Fsp3) is 0.586. The maximum absolute atomic E-state index is 3.44. The molecular formula is C29H40. The molecule has 0 saturated heterocycles. The second-order valence-corrected chi connectivity index (χ2v) is 8.61. The van der Waals surface area contributed by atoms with Crippen LogP contribution < -0.4 is 0 Å². The molecule has 0 atom stereocenters. The van der Waals surface area contributed by atoms with Crippen molar-refractivity contribution < 1.29 is 0 Å². The van der Waals surface area contributed by atoms with Gasteiger partial charge in [0.1, 0.15) is 0 Å². The molecular weight excluding hydrogens is 348 g/mol. The summed E-state index contributed by atoms with van der Waals surface area (Å²) in [5.41, 5.74) is 2.50. The van der Waals surface area contributed by atoms with E-state index in [0.717, 1.165) is 11.5 Å². The van der Waals surface area contributed by atoms with Gasteiger partial charge in [0.2, 0.25) is 0 Å². The van der Waals surface area contributed by atoms with Gasteiger partial charge in [-0.25, -0.2) is 0 Å². The molecule has 0 amide bonds. The predicted molar refractivity (Wildman–Crippen MR) is 128 cm³/mol. The van der Waals surface area contributed by atoms with E-state index in [0.29, 0.717) is 5.92 Å². The SMILES string of the molecule is CCCCCC[C@H]1CC[C@H](C#C/C=C/C#Cc2ccc(CCCCC)cc2)CC1. The summed E-state index contributed by atoms with van der Waals surface area (Å²) in [5, 5.41) is 0. The average molecular weight is 389 g/mol. The summed E-state index contributed by atoms with van der Waals surface area (Å²) >= 11 is 0. The maximum Gasteiger partial charge on any atom is 0.0249 e. The van der Waals surface area contributed by atoms with Crippen LogP contribution in [0.25, 0.3) is 0 Å². The van der Waals surface area contributed by atoms with Crippen LogP contribution in [0, 0.1) is 35.5 Å². The fourth-order valence-electron chi connectivity index (χ4n) is 4.16. The Kier molecular flexibility index (Phi) is 12.1. The van der Waals surface area contributed by atoms with E-state index < -0.39 is 0 Å². The van der Waals surface area contributed by atoms with Crippen LogP contribution in [0.2, 0.25) is 0 Å². The third-order valence-electron chi connectivity index (χ3n) is 6.09. The first-order chi connectivity index (χ1) is 14.3. The normalized spacial score (nSPS) is 18.7. The number of benzene rings is 1. The van der Waals surface area contributed by atoms with E-state index in [2.05, 4.69) is 61.8 Å². The lowest BCUT2D eigenvalue weighted by Crippen LogP contribution is -2.13. The standard InChI is InChI=1S/C29H40/c1-3-5-7-11-15-27-22-24-29(25-23-27)17-13-9-8-12-16-28-20-18-26(19-21-28)14-10-6-4-2/h8-9,18-21,27,29H,3-7,10-11,14-15,22-25H2,1-2H3/b9-8+/t27-,29-. The molecule has 0 bridgehead atoms. The minimum Gasteiger partial charge on any atom is -0.0951 e. The number of aryl methyl sites for hydroxylation is 1. The second kappa shape index (κ2) is 15.0. The zero-order valence-corrected chi connectivity index (χ0v) is 18.8. The van der Waals surface area contributed by atoms with Gasteiger partial charge in [0.05, 0.1) is 0 Å². The fourth-order valence-corrected chi connectivity index (χ4v) is 4.16. The number of allylic oxidation sites excluding steroid dienone is 2. The second-order valence-electron chi connectivity index (χ2n) is 8.61. The van der Waals surface area contributed by atoms with E-state index in [1.807, 2.05) is 12.2 Å². The van der Waals surface area contributed by atoms with Crippen molar-refractivity contribution in [2.75, 3.05) is 0 Å². The van der Waals surface area contributed by atoms with Crippen LogP contribution in [0.5, 0.6) is 0 Å². The van der Waals surface area contributed by atoms with Crippen molar-refractivity contribution in [1.29, 1.82) is 0 Å². The lowest BCUT2D eigenvalue weighted by molar-refractivity contribution is 0.294. The lowest BCUT2D eigenvalue weighted by Gasteiger charge is -2.25. The van der Waals surface area contributed by atoms with Crippen LogP contribution in [0.15, 0.2) is 36.4 Å². The zero-order valence-electron chi connectivity index (χ0n) is 18.8. The Balaban J connectivity index is 1.66. The van der Waals surface area contributed by atoms with E-state index in [-0.39, 0.29) is 0 Å². The zero-order chi connectivity index (χ0) is 20.6. The van der Waals surface area contributed by atoms with Crippen molar-refractivity contribution in [3.8, 4) is 23.7 Å². The number of hydrogen-bond acceptors (Lipinski definition) is 0. The van der Waals surface area contributed by atoms with E-state index in [1.165, 1.54) is 89.0 Å². The quantitative estimate of drug-likeness (QED) is 0.296. The molecule has 1 fully saturated rings. The Hall–Kier alpha value is -1.92. The Morgan fingerprint density at radius 1 is 0.793 bits per heavy atom. The lowest BCUT2D eigenvalue weighted by atomic mass is 9.80. The highest BCUT2D eigenvalue weighted by molar-refractivity contribution is 5.39. The average Bonchev–Trinajstić information content (AvgIpc) is 2.76. The Labute approximate surface area is 180 Å². The highest BCUT2D eigenvalue weighted by Crippen LogP contribution is 2.31. The molecule has 1 aromatic rings. The molecule has 0 radical (unpaired) electrons. The molecule has 0 unspecified atom stereocenters. The van der Waals surface area contributed by atoms with Crippen molar-refractivity contribution in [1.82, 2.24) is 0 Å². The molecule has 29 heavy (non-hydrogen) atoms. The maximum atomic E-state index is 3.44. The Morgan fingerprint density at radius 2 is 1.48 bits per heavy atom. The minimum absolute atomic E-state index is 0.597. The minimum atomic E-state index is 0.597. The van der Waals surface area contributed by atoms with Gasteiger partial charge in [-0.15, -0.1) is 0 Å². The van der Waals surface area contributed by atoms with Crippen molar-refractivity contribution >= 4 is 0 Å². The highest BCUT2D eigenvalue weighted by atomic mass is 14.2. The van der Waals surface area contributed by atoms with Gasteiger partial charge in [-0.05, 0) is 74.3 Å². The van der Waals surface area contributed by atoms with Gasteiger partial charge in [0.15, 0.2) is 0 Å². The largest absolute Gasteiger partial charge is 0.0951 e. The first-order valence-electron chi connectivity index (χ1n) is 12.1. The molecule has 2 rings (SSSR count). The molecule has 0 aliphatic heterocycles. The molecule has 0 spiro atoms. The van der Waals surface area contributed by atoms with Gasteiger partial charge in [0, 0.05) is 11.5 Å². The topological polar surface area (TPSA) is 0 Å². The van der Waals surface area contributed by atoms with E-state index in [4.69, 9.17) is 0 Å². The smallest absolute Gasteiger partial charge is 0.0249 e. The van der Waals surface area contributed by atoms with Gasteiger partial charge < -0.3 is 0 Å². The summed E-state index contributed by atoms with van der Waals surface area (Å²) in [5.74, 6) is 14.6. The van der Waals surface area contributed by atoms with Crippen molar-refractivity contribution in [2.45, 2.75) is 97.3 Å². The summed E-state index contributed by atoms with van der Waals surface area (Å²) < 4.78 is 0. The monoisotopic (exact) mass is 388 g/mol. The molecule has 156 valence electrons. The van der Waals surface area contributed by atoms with Crippen LogP contribution in [0.3, 0.4) is 0 Å². The van der Waals surface area contributed by atoms with Crippen molar-refractivity contribution in [2.24, 2.45) is 11.8 Å². The van der Waals surface area contributed by atoms with E-state index >= 15 is 0 Å². The first-order valence-corrected chi connectivity index (χ1v) is 12.1. The van der Waals surface area contributed by atoms with Crippen LogP contribution in [-0.4, -0.2) is 0 Å². The Bertz CT molecular complexity index is 690. The van der Waals surface area contributed by atoms with Gasteiger partial charge in [-0.3, -0.25) is 0 Å². The van der Waals surface area contributed by atoms with Gasteiger partial charge in [0.25, 0.3) is 0 Å². The summed E-state index contributed by atoms with van der Waals surface area (Å²) in [6.45, 7) is 4.54. The molecule has 1 aromatic carbocycles. The van der Waals surface area contributed by atoms with Crippen molar-refractivity contribution in [3.05, 3.63) is 47.5 Å². The summed E-state index contributed by atoms with van der Waals surface area (Å²) in [4.78, 5) is 0. The summed E-state index contributed by atoms with van der Waals surface area (Å²) in [6, 6.07) is 8.69. The van der Waals surface area contributed by atoms with Crippen molar-refractivity contribution in [3.63, 3.8) is 0 Å². The van der Waals surface area contributed by atoms with Gasteiger partial charge in [-0.2, -0.15) is 0 Å². The molecule has 1 saturated carbocycles. The Morgan fingerprint density at radius 3 is 2.21 bits per heavy atom. The molecule has 1 aliphatic carbocycles. The van der Waals surface area contributed by atoms with Crippen LogP contribution in [0.4, 0.5) is 0 Å². The van der Waals surface area contributed by atoms with Crippen LogP contribution in [-0.2, 0) is 6.42 Å². The third kappa shape index (κ3) is 10.4. The number of hydrogen-bond donors (Lipinski definition) is 0. The van der Waals surface area contributed by atoms with Gasteiger partial charge >= 0.3 is 0 Å². The third-order valence-corrected chi connectivity index (χ3v) is 6.09. The number of rotatable bonds is 9. The molecule has 0 heteroatoms. The molecule has 1 aliphatic rings. The van der Waals surface area contributed by atoms with Crippen LogP contribution >= 0.6 is 0 Å². The summed E-state index contributed by atoms with van der Waals surface area (Å²) in [7, 11) is 0. The van der Waals surface area contributed by atoms with E-state index in [9.17, 15) is 0 Å². The predicted octanol–water partition coefficient (Wildman–Crippen LogP) is 8.11.